The summed E-state index contributed by atoms with van der Waals surface area (Å²) in [5.74, 6) is 0.656. The van der Waals surface area contributed by atoms with Crippen LogP contribution in [0.4, 0.5) is 0 Å². The molecular formula is C17H24BrNO2S2. The van der Waals surface area contributed by atoms with Crippen molar-refractivity contribution in [3.05, 3.63) is 28.7 Å². The first kappa shape index (κ1) is 19.2. The van der Waals surface area contributed by atoms with E-state index < -0.39 is 0 Å². The van der Waals surface area contributed by atoms with Gasteiger partial charge in [-0.25, -0.2) is 0 Å². The molecule has 1 aliphatic rings. The van der Waals surface area contributed by atoms with Crippen molar-refractivity contribution in [3.63, 3.8) is 0 Å². The van der Waals surface area contributed by atoms with Gasteiger partial charge in [0.05, 0.1) is 12.4 Å². The summed E-state index contributed by atoms with van der Waals surface area (Å²) in [4.78, 5) is 13.2. The first-order valence-electron chi connectivity index (χ1n) is 7.99. The van der Waals surface area contributed by atoms with E-state index in [2.05, 4.69) is 39.4 Å². The van der Waals surface area contributed by atoms with Gasteiger partial charge in [-0.05, 0) is 40.9 Å². The Morgan fingerprint density at radius 2 is 2.04 bits per heavy atom. The van der Waals surface area contributed by atoms with Crippen molar-refractivity contribution in [1.82, 2.24) is 5.32 Å². The zero-order valence-corrected chi connectivity index (χ0v) is 16.6. The highest BCUT2D eigenvalue weighted by Gasteiger charge is 2.27. The third kappa shape index (κ3) is 6.69. The molecule has 1 saturated carbocycles. The van der Waals surface area contributed by atoms with Gasteiger partial charge in [-0.15, -0.1) is 23.5 Å². The Labute approximate surface area is 155 Å². The highest BCUT2D eigenvalue weighted by atomic mass is 79.9. The zero-order chi connectivity index (χ0) is 16.5. The number of thioether (sulfide) groups is 2. The Bertz CT molecular complexity index is 501. The van der Waals surface area contributed by atoms with Crippen LogP contribution >= 0.6 is 39.5 Å². The summed E-state index contributed by atoms with van der Waals surface area (Å²) >= 11 is 7.40. The summed E-state index contributed by atoms with van der Waals surface area (Å²) in [6.45, 7) is 1.16. The first-order chi connectivity index (χ1) is 11.2. The molecule has 1 fully saturated rings. The minimum atomic E-state index is 0.113. The molecule has 0 heterocycles. The van der Waals surface area contributed by atoms with Gasteiger partial charge in [0.2, 0.25) is 5.91 Å². The Balaban J connectivity index is 1.83. The highest BCUT2D eigenvalue weighted by molar-refractivity contribution is 9.10. The standard InChI is InChI=1S/C17H24BrNO2S2/c1-21-11-10-19-17(20)12-22-15-8-4-5-9-16(15)23-14-7-3-2-6-13(14)18/h2-3,6-7,15-16H,4-5,8-12H2,1H3,(H,19,20)/t15-,16-/m1/s1. The van der Waals surface area contributed by atoms with E-state index in [1.54, 1.807) is 7.11 Å². The van der Waals surface area contributed by atoms with Crippen molar-refractivity contribution in [3.8, 4) is 0 Å². The monoisotopic (exact) mass is 417 g/mol. The molecule has 0 radical (unpaired) electrons. The second-order valence-electron chi connectivity index (χ2n) is 5.56. The van der Waals surface area contributed by atoms with E-state index >= 15 is 0 Å². The van der Waals surface area contributed by atoms with Gasteiger partial charge < -0.3 is 10.1 Å². The molecule has 128 valence electrons. The van der Waals surface area contributed by atoms with Gasteiger partial charge in [-0.1, -0.05) is 25.0 Å². The largest absolute Gasteiger partial charge is 0.383 e. The van der Waals surface area contributed by atoms with E-state index in [0.29, 0.717) is 29.4 Å². The van der Waals surface area contributed by atoms with E-state index in [9.17, 15) is 4.79 Å². The Hall–Kier alpha value is -0.170. The summed E-state index contributed by atoms with van der Waals surface area (Å²) < 4.78 is 6.12. The maximum Gasteiger partial charge on any atom is 0.230 e. The third-order valence-electron chi connectivity index (χ3n) is 3.81. The number of halogens is 1. The number of methoxy groups -OCH3 is 1. The minimum absolute atomic E-state index is 0.113. The number of rotatable bonds is 8. The number of benzene rings is 1. The molecule has 0 saturated heterocycles. The molecule has 0 unspecified atom stereocenters. The minimum Gasteiger partial charge on any atom is -0.383 e. The number of amides is 1. The van der Waals surface area contributed by atoms with Crippen LogP contribution in [0.2, 0.25) is 0 Å². The van der Waals surface area contributed by atoms with E-state index in [0.717, 1.165) is 4.47 Å². The molecule has 1 aromatic rings. The van der Waals surface area contributed by atoms with E-state index in [-0.39, 0.29) is 5.91 Å². The van der Waals surface area contributed by atoms with Crippen molar-refractivity contribution in [1.29, 1.82) is 0 Å². The molecule has 6 heteroatoms. The second kappa shape index (κ2) is 10.6. The molecule has 3 nitrogen and oxygen atoms in total. The molecule has 1 aliphatic carbocycles. The van der Waals surface area contributed by atoms with Gasteiger partial charge in [-0.2, -0.15) is 0 Å². The number of carbonyl (C=O) groups excluding carboxylic acids is 1. The number of hydrogen-bond acceptors (Lipinski definition) is 4. The lowest BCUT2D eigenvalue weighted by Crippen LogP contribution is -2.31. The molecule has 1 aromatic carbocycles. The molecule has 0 bridgehead atoms. The van der Waals surface area contributed by atoms with Crippen molar-refractivity contribution >= 4 is 45.4 Å². The van der Waals surface area contributed by atoms with Crippen molar-refractivity contribution in [2.45, 2.75) is 41.1 Å². The number of hydrogen-bond donors (Lipinski definition) is 1. The van der Waals surface area contributed by atoms with Gasteiger partial charge in [-0.3, -0.25) is 4.79 Å². The highest BCUT2D eigenvalue weighted by Crippen LogP contribution is 2.41. The van der Waals surface area contributed by atoms with Crippen molar-refractivity contribution in [2.75, 3.05) is 26.0 Å². The summed E-state index contributed by atoms with van der Waals surface area (Å²) in [5, 5.41) is 4.03. The number of ether oxygens (including phenoxy) is 1. The summed E-state index contributed by atoms with van der Waals surface area (Å²) in [5.41, 5.74) is 0. The Morgan fingerprint density at radius 1 is 1.30 bits per heavy atom. The number of carbonyl (C=O) groups is 1. The van der Waals surface area contributed by atoms with Gasteiger partial charge in [0.15, 0.2) is 0 Å². The molecule has 0 aliphatic heterocycles. The summed E-state index contributed by atoms with van der Waals surface area (Å²) in [6, 6.07) is 8.39. The van der Waals surface area contributed by atoms with Crippen LogP contribution in [-0.4, -0.2) is 42.4 Å². The van der Waals surface area contributed by atoms with Crippen LogP contribution in [0.25, 0.3) is 0 Å². The van der Waals surface area contributed by atoms with Gasteiger partial charge in [0.1, 0.15) is 0 Å². The first-order valence-corrected chi connectivity index (χ1v) is 10.7. The van der Waals surface area contributed by atoms with Crippen LogP contribution in [0.5, 0.6) is 0 Å². The lowest BCUT2D eigenvalue weighted by atomic mass is 10.00. The molecule has 2 rings (SSSR count). The molecule has 1 amide bonds. The van der Waals surface area contributed by atoms with Crippen molar-refractivity contribution in [2.24, 2.45) is 0 Å². The van der Waals surface area contributed by atoms with Crippen molar-refractivity contribution < 1.29 is 9.53 Å². The van der Waals surface area contributed by atoms with Crippen LogP contribution in [0.3, 0.4) is 0 Å². The predicted molar refractivity (Wildman–Crippen MR) is 103 cm³/mol. The maximum atomic E-state index is 11.9. The average molecular weight is 418 g/mol. The molecular weight excluding hydrogens is 394 g/mol. The molecule has 2 atom stereocenters. The van der Waals surface area contributed by atoms with E-state index in [4.69, 9.17) is 4.74 Å². The van der Waals surface area contributed by atoms with E-state index in [1.807, 2.05) is 29.6 Å². The van der Waals surface area contributed by atoms with Gasteiger partial charge in [0, 0.05) is 33.5 Å². The smallest absolute Gasteiger partial charge is 0.230 e. The van der Waals surface area contributed by atoms with E-state index in [1.165, 1.54) is 30.6 Å². The molecule has 1 N–H and O–H groups in total. The average Bonchev–Trinajstić information content (AvgIpc) is 2.56. The summed E-state index contributed by atoms with van der Waals surface area (Å²) in [7, 11) is 1.65. The third-order valence-corrected chi connectivity index (χ3v) is 7.84. The van der Waals surface area contributed by atoms with Crippen LogP contribution in [0.15, 0.2) is 33.6 Å². The molecule has 0 aromatic heterocycles. The second-order valence-corrected chi connectivity index (χ2v) is 8.93. The van der Waals surface area contributed by atoms with Crippen LogP contribution < -0.4 is 5.32 Å². The fourth-order valence-corrected chi connectivity index (χ4v) is 5.97. The Morgan fingerprint density at radius 3 is 2.78 bits per heavy atom. The lowest BCUT2D eigenvalue weighted by molar-refractivity contribution is -0.118. The maximum absolute atomic E-state index is 11.9. The molecule has 23 heavy (non-hydrogen) atoms. The summed E-state index contributed by atoms with van der Waals surface area (Å²) in [6.07, 6.45) is 5.00. The van der Waals surface area contributed by atoms with Crippen LogP contribution in [-0.2, 0) is 9.53 Å². The van der Waals surface area contributed by atoms with Gasteiger partial charge >= 0.3 is 0 Å². The molecule has 0 spiro atoms. The normalized spacial score (nSPS) is 21.1. The van der Waals surface area contributed by atoms with Crippen LogP contribution in [0, 0.1) is 0 Å². The SMILES string of the molecule is COCCNC(=O)CS[C@@H]1CCCC[C@H]1Sc1ccccc1Br. The predicted octanol–water partition coefficient (Wildman–Crippen LogP) is 4.35. The zero-order valence-electron chi connectivity index (χ0n) is 13.4. The quantitative estimate of drug-likeness (QED) is 0.638. The van der Waals surface area contributed by atoms with Gasteiger partial charge in [0.25, 0.3) is 0 Å². The lowest BCUT2D eigenvalue weighted by Gasteiger charge is -2.30. The number of nitrogens with one attached hydrogen (secondary N) is 1. The van der Waals surface area contributed by atoms with Crippen LogP contribution in [0.1, 0.15) is 25.7 Å². The fraction of sp³-hybridized carbons (Fsp3) is 0.588. The fourth-order valence-electron chi connectivity index (χ4n) is 2.62. The topological polar surface area (TPSA) is 38.3 Å². The Kier molecular flexibility index (Phi) is 8.87.